The molecule has 1 saturated carbocycles. The van der Waals surface area contributed by atoms with E-state index in [1.165, 1.54) is 29.0 Å². The first-order valence-electron chi connectivity index (χ1n) is 10.8. The maximum Gasteiger partial charge on any atom is 0.321 e. The standard InChI is InChI=1S/C22H30ClN5O4S/c1-22(2,3)32-20(29)13-28(12-15-6-4-5-7-15)33(30,31)16-8-9-17-18(10-16)21(26-14-27-24)25-11-19(17)23/h8-11,14-15H,4-7,12-13,24H2,1-3H3,(H,25,26,27). The molecule has 3 rings (SSSR count). The van der Waals surface area contributed by atoms with Gasteiger partial charge in [0.25, 0.3) is 0 Å². The fourth-order valence-corrected chi connectivity index (χ4v) is 5.63. The summed E-state index contributed by atoms with van der Waals surface area (Å²) in [6, 6.07) is 4.57. The molecule has 0 aliphatic heterocycles. The van der Waals surface area contributed by atoms with Crippen LogP contribution in [0.4, 0.5) is 5.82 Å². The monoisotopic (exact) mass is 495 g/mol. The highest BCUT2D eigenvalue weighted by Gasteiger charge is 2.32. The third kappa shape index (κ3) is 6.41. The van der Waals surface area contributed by atoms with E-state index >= 15 is 0 Å². The molecular formula is C22H30ClN5O4S. The van der Waals surface area contributed by atoms with E-state index in [0.717, 1.165) is 25.7 Å². The van der Waals surface area contributed by atoms with Crippen molar-refractivity contribution in [2.45, 2.75) is 57.0 Å². The number of halogens is 1. The number of nitrogens with zero attached hydrogens (tertiary/aromatic N) is 3. The van der Waals surface area contributed by atoms with Gasteiger partial charge < -0.3 is 10.2 Å². The summed E-state index contributed by atoms with van der Waals surface area (Å²) in [6.07, 6.45) is 6.66. The van der Waals surface area contributed by atoms with Crippen molar-refractivity contribution in [1.82, 2.24) is 14.7 Å². The highest BCUT2D eigenvalue weighted by atomic mass is 35.5. The highest BCUT2D eigenvalue weighted by Crippen LogP contribution is 2.33. The molecule has 0 bridgehead atoms. The fourth-order valence-electron chi connectivity index (χ4n) is 3.93. The van der Waals surface area contributed by atoms with Crippen molar-refractivity contribution >= 4 is 50.5 Å². The summed E-state index contributed by atoms with van der Waals surface area (Å²) in [5, 5.41) is 1.42. The second kappa shape index (κ2) is 10.3. The first kappa shape index (κ1) is 25.4. The number of carbonyl (C=O) groups is 1. The maximum atomic E-state index is 13.7. The molecule has 33 heavy (non-hydrogen) atoms. The number of rotatable bonds is 8. The van der Waals surface area contributed by atoms with E-state index in [0.29, 0.717) is 15.8 Å². The zero-order valence-corrected chi connectivity index (χ0v) is 20.6. The minimum Gasteiger partial charge on any atom is -0.459 e. The van der Waals surface area contributed by atoms with Crippen molar-refractivity contribution in [1.29, 1.82) is 0 Å². The van der Waals surface area contributed by atoms with Crippen molar-refractivity contribution in [3.8, 4) is 0 Å². The Hall–Kier alpha value is -2.27. The quantitative estimate of drug-likeness (QED) is 0.188. The Morgan fingerprint density at radius 1 is 1.33 bits per heavy atom. The zero-order chi connectivity index (χ0) is 24.2. The third-order valence-corrected chi connectivity index (χ3v) is 7.46. The Bertz CT molecular complexity index is 1140. The summed E-state index contributed by atoms with van der Waals surface area (Å²) in [5.41, 5.74) is 1.58. The molecule has 9 nitrogen and oxygen atoms in total. The average Bonchev–Trinajstić information content (AvgIpc) is 3.24. The van der Waals surface area contributed by atoms with Gasteiger partial charge in [0.1, 0.15) is 18.5 Å². The smallest absolute Gasteiger partial charge is 0.321 e. The predicted molar refractivity (Wildman–Crippen MR) is 129 cm³/mol. The van der Waals surface area contributed by atoms with Crippen LogP contribution in [0.15, 0.2) is 34.3 Å². The van der Waals surface area contributed by atoms with E-state index in [9.17, 15) is 13.2 Å². The van der Waals surface area contributed by atoms with Crippen LogP contribution in [-0.4, -0.2) is 48.7 Å². The minimum atomic E-state index is -4.01. The van der Waals surface area contributed by atoms with Crippen molar-refractivity contribution < 1.29 is 17.9 Å². The van der Waals surface area contributed by atoms with Crippen LogP contribution in [0.2, 0.25) is 5.02 Å². The Balaban J connectivity index is 2.01. The van der Waals surface area contributed by atoms with Crippen molar-refractivity contribution in [2.24, 2.45) is 16.8 Å². The van der Waals surface area contributed by atoms with Crippen LogP contribution in [0, 0.1) is 5.92 Å². The molecule has 1 aromatic carbocycles. The molecule has 0 unspecified atom stereocenters. The topological polar surface area (TPSA) is 127 Å². The summed E-state index contributed by atoms with van der Waals surface area (Å²) in [4.78, 5) is 20.9. The number of sulfonamides is 1. The number of esters is 1. The number of aliphatic imine (C=N–C) groups is 1. The SMILES string of the molecule is CC(C)(C)OC(=O)CN(CC1CCCC1)S(=O)(=O)c1ccc2c(Cl)cnc(N=CNN)c2c1. The van der Waals surface area contributed by atoms with Gasteiger partial charge in [0.2, 0.25) is 10.0 Å². The number of carbonyl (C=O) groups excluding carboxylic acids is 1. The van der Waals surface area contributed by atoms with Crippen molar-refractivity contribution in [2.75, 3.05) is 13.1 Å². The summed E-state index contributed by atoms with van der Waals surface area (Å²) < 4.78 is 34.0. The maximum absolute atomic E-state index is 13.7. The first-order chi connectivity index (χ1) is 15.5. The largest absolute Gasteiger partial charge is 0.459 e. The van der Waals surface area contributed by atoms with Crippen LogP contribution in [0.5, 0.6) is 0 Å². The third-order valence-electron chi connectivity index (χ3n) is 5.35. The Labute approximate surface area is 199 Å². The number of hydrogen-bond acceptors (Lipinski definition) is 7. The Morgan fingerprint density at radius 3 is 2.67 bits per heavy atom. The molecule has 1 aliphatic rings. The van der Waals surface area contributed by atoms with Gasteiger partial charge in [0.05, 0.1) is 9.92 Å². The lowest BCUT2D eigenvalue weighted by Crippen LogP contribution is -2.41. The second-order valence-corrected chi connectivity index (χ2v) is 11.4. The Morgan fingerprint density at radius 2 is 2.03 bits per heavy atom. The van der Waals surface area contributed by atoms with E-state index in [2.05, 4.69) is 15.4 Å². The average molecular weight is 496 g/mol. The van der Waals surface area contributed by atoms with E-state index in [1.54, 1.807) is 26.8 Å². The van der Waals surface area contributed by atoms with Crippen LogP contribution in [0.25, 0.3) is 10.8 Å². The summed E-state index contributed by atoms with van der Waals surface area (Å²) in [5.74, 6) is 5.13. The number of hydrazine groups is 1. The number of nitrogens with two attached hydrogens (primary N) is 1. The molecule has 3 N–H and O–H groups in total. The number of ether oxygens (including phenoxy) is 1. The molecular weight excluding hydrogens is 466 g/mol. The lowest BCUT2D eigenvalue weighted by atomic mass is 10.1. The molecule has 180 valence electrons. The molecule has 11 heteroatoms. The van der Waals surface area contributed by atoms with Crippen LogP contribution in [0.1, 0.15) is 46.5 Å². The summed E-state index contributed by atoms with van der Waals surface area (Å²) in [6.45, 7) is 5.15. The van der Waals surface area contributed by atoms with Crippen LogP contribution >= 0.6 is 11.6 Å². The fraction of sp³-hybridized carbons (Fsp3) is 0.500. The number of benzene rings is 1. The zero-order valence-electron chi connectivity index (χ0n) is 19.0. The van der Waals surface area contributed by atoms with E-state index in [1.807, 2.05) is 0 Å². The Kier molecular flexibility index (Phi) is 7.94. The van der Waals surface area contributed by atoms with Gasteiger partial charge in [-0.25, -0.2) is 24.2 Å². The molecule has 2 aromatic rings. The van der Waals surface area contributed by atoms with Gasteiger partial charge in [-0.05, 0) is 51.7 Å². The molecule has 0 spiro atoms. The molecule has 1 aliphatic carbocycles. The molecule has 1 heterocycles. The van der Waals surface area contributed by atoms with Crippen LogP contribution < -0.4 is 11.3 Å². The van der Waals surface area contributed by atoms with Gasteiger partial charge in [-0.1, -0.05) is 30.5 Å². The molecule has 0 saturated heterocycles. The van der Waals surface area contributed by atoms with Gasteiger partial charge in [-0.15, -0.1) is 0 Å². The van der Waals surface area contributed by atoms with E-state index < -0.39 is 21.6 Å². The normalized spacial score (nSPS) is 15.6. The van der Waals surface area contributed by atoms with E-state index in [-0.39, 0.29) is 29.7 Å². The van der Waals surface area contributed by atoms with E-state index in [4.69, 9.17) is 22.2 Å². The summed E-state index contributed by atoms with van der Waals surface area (Å²) >= 11 is 6.26. The first-order valence-corrected chi connectivity index (χ1v) is 12.6. The van der Waals surface area contributed by atoms with Gasteiger partial charge in [-0.3, -0.25) is 4.79 Å². The highest BCUT2D eigenvalue weighted by molar-refractivity contribution is 7.89. The minimum absolute atomic E-state index is 0.0257. The molecule has 1 aromatic heterocycles. The molecule has 0 atom stereocenters. The van der Waals surface area contributed by atoms with Gasteiger partial charge in [0, 0.05) is 23.5 Å². The molecule has 1 fully saturated rings. The lowest BCUT2D eigenvalue weighted by molar-refractivity contribution is -0.155. The molecule has 0 radical (unpaired) electrons. The summed E-state index contributed by atoms with van der Waals surface area (Å²) in [7, 11) is -4.01. The number of pyridine rings is 1. The van der Waals surface area contributed by atoms with Gasteiger partial charge >= 0.3 is 5.97 Å². The van der Waals surface area contributed by atoms with Crippen molar-refractivity contribution in [3.05, 3.63) is 29.4 Å². The van der Waals surface area contributed by atoms with Gasteiger partial charge in [0.15, 0.2) is 5.82 Å². The number of nitrogens with one attached hydrogen (secondary N) is 1. The lowest BCUT2D eigenvalue weighted by Gasteiger charge is -2.26. The van der Waals surface area contributed by atoms with Crippen LogP contribution in [0.3, 0.4) is 0 Å². The molecule has 0 amide bonds. The van der Waals surface area contributed by atoms with Crippen LogP contribution in [-0.2, 0) is 19.6 Å². The predicted octanol–water partition coefficient (Wildman–Crippen LogP) is 3.53. The number of hydrogen-bond donors (Lipinski definition) is 2. The number of aromatic nitrogens is 1. The second-order valence-electron chi connectivity index (χ2n) is 9.10. The number of fused-ring (bicyclic) bond motifs is 1. The van der Waals surface area contributed by atoms with Gasteiger partial charge in [-0.2, -0.15) is 4.31 Å². The van der Waals surface area contributed by atoms with Crippen molar-refractivity contribution in [3.63, 3.8) is 0 Å².